The fraction of sp³-hybridized carbons (Fsp3) is 0.103. The number of hydrogen-bond donors (Lipinski definition) is 1. The molecule has 0 unspecified atom stereocenters. The van der Waals surface area contributed by atoms with Crippen molar-refractivity contribution < 1.29 is 5.11 Å². The van der Waals surface area contributed by atoms with E-state index in [1.807, 2.05) is 42.6 Å². The van der Waals surface area contributed by atoms with E-state index in [1.165, 1.54) is 0 Å². The molecule has 0 aliphatic rings. The topological polar surface area (TPSA) is 63.8 Å². The quantitative estimate of drug-likeness (QED) is 0.223. The Bertz CT molecular complexity index is 2110. The Morgan fingerprint density at radius 1 is 0.614 bits per heavy atom. The van der Waals surface area contributed by atoms with E-state index < -0.39 is 0 Å². The van der Waals surface area contributed by atoms with Crippen molar-refractivity contribution in [2.45, 2.75) is 26.2 Å². The number of rotatable bonds is 5. The summed E-state index contributed by atoms with van der Waals surface area (Å²) in [5.74, 6) is 0.599. The Hall–Kier alpha value is -5.55. The van der Waals surface area contributed by atoms with Crippen LogP contribution in [0.2, 0.25) is 0 Å². The summed E-state index contributed by atoms with van der Waals surface area (Å²) >= 11 is 0. The molecule has 0 amide bonds. The molecule has 5 nitrogen and oxygen atoms in total. The van der Waals surface area contributed by atoms with Crippen molar-refractivity contribution in [2.24, 2.45) is 0 Å². The zero-order chi connectivity index (χ0) is 30.3. The van der Waals surface area contributed by atoms with Gasteiger partial charge in [0.1, 0.15) is 0 Å². The first-order valence-electron chi connectivity index (χ1n) is 14.8. The Kier molecular flexibility index (Phi) is 6.78. The van der Waals surface area contributed by atoms with Crippen LogP contribution in [0.25, 0.3) is 61.6 Å². The molecule has 1 N–H and O–H groups in total. The molecule has 214 valence electrons. The zero-order valence-electron chi connectivity index (χ0n) is 24.9. The van der Waals surface area contributed by atoms with Gasteiger partial charge < -0.3 is 5.11 Å². The maximum atomic E-state index is 11.0. The van der Waals surface area contributed by atoms with Crippen LogP contribution >= 0.6 is 0 Å². The van der Waals surface area contributed by atoms with Gasteiger partial charge >= 0.3 is 0 Å². The average Bonchev–Trinajstić information content (AvgIpc) is 3.45. The molecular formula is C39H32N4O. The van der Waals surface area contributed by atoms with Crippen molar-refractivity contribution in [1.29, 1.82) is 0 Å². The van der Waals surface area contributed by atoms with Gasteiger partial charge in [0.15, 0.2) is 5.82 Å². The van der Waals surface area contributed by atoms with Crippen LogP contribution in [0.3, 0.4) is 0 Å². The van der Waals surface area contributed by atoms with Gasteiger partial charge in [-0.2, -0.15) is 0 Å². The Morgan fingerprint density at radius 3 is 2.09 bits per heavy atom. The molecule has 0 aliphatic heterocycles. The van der Waals surface area contributed by atoms with Crippen molar-refractivity contribution in [3.8, 4) is 56.5 Å². The van der Waals surface area contributed by atoms with Gasteiger partial charge in [-0.15, -0.1) is 0 Å². The summed E-state index contributed by atoms with van der Waals surface area (Å²) in [6.07, 6.45) is 3.61. The van der Waals surface area contributed by atoms with Gasteiger partial charge in [0, 0.05) is 29.2 Å². The fourth-order valence-electron chi connectivity index (χ4n) is 5.63. The summed E-state index contributed by atoms with van der Waals surface area (Å²) in [5.41, 5.74) is 10.5. The molecule has 4 aromatic carbocycles. The number of imidazole rings is 1. The van der Waals surface area contributed by atoms with Crippen LogP contribution in [0.5, 0.6) is 5.88 Å². The lowest BCUT2D eigenvalue weighted by atomic mass is 9.87. The van der Waals surface area contributed by atoms with Crippen LogP contribution in [-0.4, -0.2) is 24.6 Å². The normalized spacial score (nSPS) is 11.6. The second-order valence-electron chi connectivity index (χ2n) is 12.0. The Balaban J connectivity index is 1.41. The van der Waals surface area contributed by atoms with Gasteiger partial charge in [-0.05, 0) is 70.1 Å². The van der Waals surface area contributed by atoms with E-state index in [4.69, 9.17) is 9.97 Å². The molecule has 0 atom stereocenters. The largest absolute Gasteiger partial charge is 0.493 e. The molecule has 7 aromatic rings. The second kappa shape index (κ2) is 10.9. The van der Waals surface area contributed by atoms with E-state index in [-0.39, 0.29) is 11.3 Å². The molecule has 0 radical (unpaired) electrons. The minimum Gasteiger partial charge on any atom is -0.493 e. The molecule has 3 aromatic heterocycles. The van der Waals surface area contributed by atoms with E-state index in [2.05, 4.69) is 115 Å². The minimum atomic E-state index is -0.142. The highest BCUT2D eigenvalue weighted by molar-refractivity contribution is 5.96. The molecule has 7 rings (SSSR count). The van der Waals surface area contributed by atoms with Crippen LogP contribution < -0.4 is 0 Å². The highest BCUT2D eigenvalue weighted by atomic mass is 16.3. The molecule has 0 saturated heterocycles. The molecule has 0 saturated carbocycles. The van der Waals surface area contributed by atoms with Crippen LogP contribution in [0.1, 0.15) is 26.3 Å². The number of benzene rings is 4. The molecule has 3 heterocycles. The molecule has 0 bridgehead atoms. The van der Waals surface area contributed by atoms with Gasteiger partial charge in [0.2, 0.25) is 5.88 Å². The summed E-state index contributed by atoms with van der Waals surface area (Å²) < 4.78 is 2.11. The molecule has 5 heteroatoms. The van der Waals surface area contributed by atoms with E-state index in [0.717, 1.165) is 55.8 Å². The first-order valence-corrected chi connectivity index (χ1v) is 14.8. The van der Waals surface area contributed by atoms with Gasteiger partial charge in [-0.25, -0.2) is 9.97 Å². The molecule has 44 heavy (non-hydrogen) atoms. The zero-order valence-corrected chi connectivity index (χ0v) is 24.9. The van der Waals surface area contributed by atoms with Gasteiger partial charge in [-0.1, -0.05) is 99.6 Å². The van der Waals surface area contributed by atoms with Gasteiger partial charge in [0.05, 0.1) is 22.3 Å². The number of nitrogens with zero attached hydrogens (tertiary/aromatic N) is 4. The van der Waals surface area contributed by atoms with Crippen LogP contribution in [-0.2, 0) is 5.41 Å². The number of para-hydroxylation sites is 2. The molecule has 0 fully saturated rings. The third kappa shape index (κ3) is 5.03. The maximum absolute atomic E-state index is 11.0. The average molecular weight is 573 g/mol. The standard InChI is InChI=1S/C39H32N4O/c1-39(2,3)30-24-33(38(44)41-25-30)37-42-36-32(18-11-19-35(36)43(37)31-16-8-5-9-17-31)28-14-10-15-29(22-28)34-23-27(20-21-40-34)26-12-6-4-7-13-26/h4-25H,1-3H3,(H,41,44). The highest BCUT2D eigenvalue weighted by Crippen LogP contribution is 2.39. The van der Waals surface area contributed by atoms with E-state index >= 15 is 0 Å². The summed E-state index contributed by atoms with van der Waals surface area (Å²) in [6.45, 7) is 6.42. The predicted molar refractivity (Wildman–Crippen MR) is 179 cm³/mol. The van der Waals surface area contributed by atoms with Crippen molar-refractivity contribution in [1.82, 2.24) is 19.5 Å². The second-order valence-corrected chi connectivity index (χ2v) is 12.0. The predicted octanol–water partition coefficient (Wildman–Crippen LogP) is 9.49. The summed E-state index contributed by atoms with van der Waals surface area (Å²) in [4.78, 5) is 14.3. The number of pyridine rings is 2. The summed E-state index contributed by atoms with van der Waals surface area (Å²) in [6, 6.07) is 41.4. The van der Waals surface area contributed by atoms with Crippen LogP contribution in [0.4, 0.5) is 0 Å². The van der Waals surface area contributed by atoms with E-state index in [9.17, 15) is 5.11 Å². The highest BCUT2D eigenvalue weighted by Gasteiger charge is 2.23. The monoisotopic (exact) mass is 572 g/mol. The molecular weight excluding hydrogens is 540 g/mol. The number of aromatic nitrogens is 4. The van der Waals surface area contributed by atoms with Crippen molar-refractivity contribution in [3.63, 3.8) is 0 Å². The lowest BCUT2D eigenvalue weighted by Gasteiger charge is -2.19. The Labute approximate surface area is 257 Å². The SMILES string of the molecule is CC(C)(C)c1cnc(O)c(-c2nc3c(-c4cccc(-c5cc(-c6ccccc6)ccn5)c4)cccc3n2-c2ccccc2)c1. The fourth-order valence-corrected chi connectivity index (χ4v) is 5.63. The summed E-state index contributed by atoms with van der Waals surface area (Å²) in [5, 5.41) is 11.0. The van der Waals surface area contributed by atoms with Crippen molar-refractivity contribution in [3.05, 3.63) is 139 Å². The molecule has 0 spiro atoms. The van der Waals surface area contributed by atoms with Gasteiger partial charge in [-0.3, -0.25) is 9.55 Å². The summed E-state index contributed by atoms with van der Waals surface area (Å²) in [7, 11) is 0. The lowest BCUT2D eigenvalue weighted by molar-refractivity contribution is 0.453. The van der Waals surface area contributed by atoms with Crippen LogP contribution in [0, 0.1) is 0 Å². The van der Waals surface area contributed by atoms with E-state index in [1.54, 1.807) is 6.20 Å². The first-order chi connectivity index (χ1) is 21.4. The van der Waals surface area contributed by atoms with Crippen molar-refractivity contribution in [2.75, 3.05) is 0 Å². The first kappa shape index (κ1) is 27.3. The van der Waals surface area contributed by atoms with Crippen molar-refractivity contribution >= 4 is 11.0 Å². The molecule has 0 aliphatic carbocycles. The third-order valence-corrected chi connectivity index (χ3v) is 8.01. The Morgan fingerprint density at radius 2 is 1.32 bits per heavy atom. The number of aromatic hydroxyl groups is 1. The lowest BCUT2D eigenvalue weighted by Crippen LogP contribution is -2.12. The minimum absolute atomic E-state index is 0.0431. The van der Waals surface area contributed by atoms with Crippen LogP contribution in [0.15, 0.2) is 134 Å². The van der Waals surface area contributed by atoms with Gasteiger partial charge in [0.25, 0.3) is 0 Å². The van der Waals surface area contributed by atoms with E-state index in [0.29, 0.717) is 11.4 Å². The maximum Gasteiger partial charge on any atom is 0.222 e. The smallest absolute Gasteiger partial charge is 0.222 e. The number of hydrogen-bond acceptors (Lipinski definition) is 4. The third-order valence-electron chi connectivity index (χ3n) is 8.01. The number of fused-ring (bicyclic) bond motifs is 1.